The monoisotopic (exact) mass is 443 g/mol. The van der Waals surface area contributed by atoms with E-state index < -0.39 is 41.0 Å². The summed E-state index contributed by atoms with van der Waals surface area (Å²) in [6.45, 7) is -0.752. The zero-order chi connectivity index (χ0) is 21.9. The molecule has 10 heteroatoms. The van der Waals surface area contributed by atoms with E-state index >= 15 is 0 Å². The molecule has 0 saturated heterocycles. The van der Waals surface area contributed by atoms with Crippen LogP contribution < -0.4 is 4.74 Å². The quantitative estimate of drug-likeness (QED) is 0.476. The highest BCUT2D eigenvalue weighted by Crippen LogP contribution is 2.40. The van der Waals surface area contributed by atoms with Gasteiger partial charge in [0.15, 0.2) is 17.4 Å². The fourth-order valence-electron chi connectivity index (χ4n) is 2.78. The van der Waals surface area contributed by atoms with Gasteiger partial charge in [0.05, 0.1) is 5.69 Å². The van der Waals surface area contributed by atoms with E-state index in [-0.39, 0.29) is 41.2 Å². The highest BCUT2D eigenvalue weighted by Gasteiger charge is 2.38. The Morgan fingerprint density at radius 1 is 1.10 bits per heavy atom. The molecule has 1 aromatic heterocycles. The van der Waals surface area contributed by atoms with Crippen LogP contribution in [0.2, 0.25) is 0 Å². The van der Waals surface area contributed by atoms with Crippen molar-refractivity contribution in [1.29, 1.82) is 0 Å². The summed E-state index contributed by atoms with van der Waals surface area (Å²) >= 11 is 0.235. The minimum atomic E-state index is -4.71. The average molecular weight is 443 g/mol. The lowest BCUT2D eigenvalue weighted by Gasteiger charge is -2.13. The lowest BCUT2D eigenvalue weighted by molar-refractivity contribution is -0.137. The van der Waals surface area contributed by atoms with Gasteiger partial charge in [-0.15, -0.1) is 0 Å². The summed E-state index contributed by atoms with van der Waals surface area (Å²) < 4.78 is 77.7. The summed E-state index contributed by atoms with van der Waals surface area (Å²) in [5, 5.41) is 8.66. The number of ether oxygens (including phenoxy) is 1. The molecule has 0 bridgehead atoms. The van der Waals surface area contributed by atoms with E-state index in [1.54, 1.807) is 30.3 Å². The molecule has 0 saturated carbocycles. The summed E-state index contributed by atoms with van der Waals surface area (Å²) in [5.41, 5.74) is 0.199. The van der Waals surface area contributed by atoms with Crippen molar-refractivity contribution in [3.8, 4) is 17.0 Å². The van der Waals surface area contributed by atoms with Crippen LogP contribution in [0.25, 0.3) is 11.3 Å². The number of aryl methyl sites for hydroxylation is 1. The van der Waals surface area contributed by atoms with Gasteiger partial charge >= 0.3 is 12.1 Å². The first-order valence-electron chi connectivity index (χ1n) is 8.60. The van der Waals surface area contributed by atoms with Crippen molar-refractivity contribution in [1.82, 2.24) is 4.37 Å². The largest absolute Gasteiger partial charge is 0.483 e. The molecule has 0 spiro atoms. The fourth-order valence-corrected chi connectivity index (χ4v) is 3.55. The van der Waals surface area contributed by atoms with Crippen LogP contribution in [0.4, 0.5) is 22.0 Å². The van der Waals surface area contributed by atoms with E-state index in [0.29, 0.717) is 5.56 Å². The molecular weight excluding hydrogens is 429 g/mol. The van der Waals surface area contributed by atoms with E-state index in [0.717, 1.165) is 12.1 Å². The average Bonchev–Trinajstić information content (AvgIpc) is 3.11. The van der Waals surface area contributed by atoms with Crippen LogP contribution in [0.5, 0.6) is 5.75 Å². The number of aromatic nitrogens is 1. The van der Waals surface area contributed by atoms with E-state index in [1.807, 2.05) is 0 Å². The highest BCUT2D eigenvalue weighted by molar-refractivity contribution is 7.06. The number of nitrogens with zero attached hydrogens (tertiary/aromatic N) is 1. The number of rotatable bonds is 7. The van der Waals surface area contributed by atoms with Crippen molar-refractivity contribution in [2.24, 2.45) is 0 Å². The van der Waals surface area contributed by atoms with E-state index in [1.165, 1.54) is 0 Å². The summed E-state index contributed by atoms with van der Waals surface area (Å²) in [4.78, 5) is 9.58. The summed E-state index contributed by atoms with van der Waals surface area (Å²) in [7, 11) is 0. The molecule has 158 valence electrons. The Morgan fingerprint density at radius 3 is 2.30 bits per heavy atom. The van der Waals surface area contributed by atoms with Gasteiger partial charge in [0, 0.05) is 17.5 Å². The Labute approximate surface area is 171 Å². The summed E-state index contributed by atoms with van der Waals surface area (Å²) in [6.07, 6.45) is -5.13. The lowest BCUT2D eigenvalue weighted by atomic mass is 10.1. The van der Waals surface area contributed by atoms with Gasteiger partial charge in [-0.25, -0.2) is 8.78 Å². The molecule has 0 unspecified atom stereocenters. The smallest absolute Gasteiger partial charge is 0.427 e. The number of hydrogen-bond acceptors (Lipinski definition) is 4. The molecule has 1 heterocycles. The zero-order valence-corrected chi connectivity index (χ0v) is 16.0. The summed E-state index contributed by atoms with van der Waals surface area (Å²) in [5.74, 6) is -4.23. The SMILES string of the molecule is O=C(O)CCc1cc(F)c(OCc2c(-c3ccccc3)nsc2C(F)(F)F)c(F)c1. The fraction of sp³-hybridized carbons (Fsp3) is 0.200. The Balaban J connectivity index is 1.90. The van der Waals surface area contributed by atoms with Gasteiger partial charge in [-0.2, -0.15) is 17.5 Å². The molecule has 0 radical (unpaired) electrons. The number of carbonyl (C=O) groups is 1. The minimum absolute atomic E-state index is 0.0202. The first-order chi connectivity index (χ1) is 14.2. The van der Waals surface area contributed by atoms with Crippen molar-refractivity contribution in [3.05, 3.63) is 70.1 Å². The van der Waals surface area contributed by atoms with E-state index in [4.69, 9.17) is 9.84 Å². The third-order valence-corrected chi connectivity index (χ3v) is 5.07. The second-order valence-corrected chi connectivity index (χ2v) is 7.05. The molecular formula is C20H14F5NO3S. The normalized spacial score (nSPS) is 11.5. The molecule has 0 aliphatic rings. The van der Waals surface area contributed by atoms with Gasteiger partial charge in [-0.05, 0) is 35.6 Å². The van der Waals surface area contributed by atoms with Gasteiger partial charge in [0.25, 0.3) is 0 Å². The zero-order valence-electron chi connectivity index (χ0n) is 15.2. The van der Waals surface area contributed by atoms with Gasteiger partial charge in [0.2, 0.25) is 0 Å². The first kappa shape index (κ1) is 21.7. The Morgan fingerprint density at radius 2 is 1.73 bits per heavy atom. The number of carboxylic acid groups (broad SMARTS) is 1. The molecule has 2 aromatic carbocycles. The number of carboxylic acids is 1. The maximum Gasteiger partial charge on any atom is 0.427 e. The van der Waals surface area contributed by atoms with Gasteiger partial charge in [-0.1, -0.05) is 30.3 Å². The molecule has 0 aliphatic carbocycles. The second kappa shape index (κ2) is 8.78. The van der Waals surface area contributed by atoms with Crippen LogP contribution in [0, 0.1) is 11.6 Å². The van der Waals surface area contributed by atoms with Crippen molar-refractivity contribution in [3.63, 3.8) is 0 Å². The molecule has 0 atom stereocenters. The minimum Gasteiger partial charge on any atom is -0.483 e. The molecule has 3 rings (SSSR count). The standard InChI is InChI=1S/C20H14F5NO3S/c21-14-8-11(6-7-16(27)28)9-15(22)18(14)29-10-13-17(12-4-2-1-3-5-12)26-30-19(13)20(23,24)25/h1-5,8-9H,6-7,10H2,(H,27,28). The number of halogens is 5. The third kappa shape index (κ3) is 4.93. The molecule has 30 heavy (non-hydrogen) atoms. The van der Waals surface area contributed by atoms with Crippen LogP contribution in [-0.4, -0.2) is 15.4 Å². The second-order valence-electron chi connectivity index (χ2n) is 6.27. The van der Waals surface area contributed by atoms with Crippen LogP contribution in [-0.2, 0) is 24.0 Å². The van der Waals surface area contributed by atoms with Gasteiger partial charge in [-0.3, -0.25) is 4.79 Å². The predicted octanol–water partition coefficient (Wildman–Crippen LogP) is 5.70. The van der Waals surface area contributed by atoms with Crippen molar-refractivity contribution in [2.45, 2.75) is 25.6 Å². The lowest BCUT2D eigenvalue weighted by Crippen LogP contribution is -2.09. The Hall–Kier alpha value is -3.01. The molecule has 0 fully saturated rings. The number of benzene rings is 2. The van der Waals surface area contributed by atoms with Gasteiger partial charge in [0.1, 0.15) is 11.5 Å². The van der Waals surface area contributed by atoms with Crippen molar-refractivity contribution < 1.29 is 36.6 Å². The first-order valence-corrected chi connectivity index (χ1v) is 9.38. The number of aliphatic carboxylic acids is 1. The molecule has 0 aliphatic heterocycles. The van der Waals surface area contributed by atoms with E-state index in [9.17, 15) is 26.7 Å². The van der Waals surface area contributed by atoms with Crippen molar-refractivity contribution >= 4 is 17.5 Å². The van der Waals surface area contributed by atoms with E-state index in [2.05, 4.69) is 4.37 Å². The van der Waals surface area contributed by atoms with Gasteiger partial charge < -0.3 is 9.84 Å². The van der Waals surface area contributed by atoms with Crippen LogP contribution in [0.15, 0.2) is 42.5 Å². The Bertz CT molecular complexity index is 1030. The van der Waals surface area contributed by atoms with Crippen LogP contribution in [0.3, 0.4) is 0 Å². The van der Waals surface area contributed by atoms with Crippen LogP contribution >= 0.6 is 11.5 Å². The maximum atomic E-state index is 14.3. The molecule has 3 aromatic rings. The van der Waals surface area contributed by atoms with Crippen LogP contribution in [0.1, 0.15) is 22.4 Å². The number of alkyl halides is 3. The molecule has 0 amide bonds. The predicted molar refractivity (Wildman–Crippen MR) is 99.2 cm³/mol. The molecule has 4 nitrogen and oxygen atoms in total. The summed E-state index contributed by atoms with van der Waals surface area (Å²) in [6, 6.07) is 9.87. The highest BCUT2D eigenvalue weighted by atomic mass is 32.1. The molecule has 1 N–H and O–H groups in total. The van der Waals surface area contributed by atoms with Crippen molar-refractivity contribution in [2.75, 3.05) is 0 Å². The third-order valence-electron chi connectivity index (χ3n) is 4.14. The number of hydrogen-bond donors (Lipinski definition) is 1. The maximum absolute atomic E-state index is 14.3. The Kier molecular flexibility index (Phi) is 6.35. The topological polar surface area (TPSA) is 59.4 Å².